The molecule has 0 saturated heterocycles. The molecule has 1 aromatic heterocycles. The van der Waals surface area contributed by atoms with Crippen molar-refractivity contribution >= 4 is 33.0 Å². The predicted octanol–water partition coefficient (Wildman–Crippen LogP) is 4.09. The summed E-state index contributed by atoms with van der Waals surface area (Å²) in [7, 11) is 0. The van der Waals surface area contributed by atoms with Gasteiger partial charge in [0.1, 0.15) is 11.3 Å². The van der Waals surface area contributed by atoms with Crippen LogP contribution in [-0.4, -0.2) is 16.1 Å². The lowest BCUT2D eigenvalue weighted by Crippen LogP contribution is -1.94. The molecule has 4 nitrogen and oxygen atoms in total. The number of nitrogens with zero attached hydrogens (tertiary/aromatic N) is 1. The lowest BCUT2D eigenvalue weighted by molar-refractivity contribution is 0.0697. The number of hydrogen-bond acceptors (Lipinski definition) is 3. The number of rotatable bonds is 2. The van der Waals surface area contributed by atoms with Crippen LogP contribution in [0.5, 0.6) is 0 Å². The van der Waals surface area contributed by atoms with Gasteiger partial charge in [0.05, 0.1) is 10.0 Å². The van der Waals surface area contributed by atoms with E-state index < -0.39 is 11.8 Å². The maximum atomic E-state index is 13.5. The van der Waals surface area contributed by atoms with Gasteiger partial charge in [-0.3, -0.25) is 0 Å². The minimum absolute atomic E-state index is 0.124. The number of halogens is 2. The highest BCUT2D eigenvalue weighted by Crippen LogP contribution is 2.27. The summed E-state index contributed by atoms with van der Waals surface area (Å²) in [5.41, 5.74) is 1.48. The number of carboxylic acid groups (broad SMARTS) is 1. The first-order chi connectivity index (χ1) is 9.54. The summed E-state index contributed by atoms with van der Waals surface area (Å²) in [6.07, 6.45) is 0. The second kappa shape index (κ2) is 4.72. The van der Waals surface area contributed by atoms with Gasteiger partial charge in [-0.2, -0.15) is 0 Å². The fourth-order valence-electron chi connectivity index (χ4n) is 1.81. The second-order valence-electron chi connectivity index (χ2n) is 4.14. The first-order valence-corrected chi connectivity index (χ1v) is 6.43. The van der Waals surface area contributed by atoms with Crippen LogP contribution in [0.3, 0.4) is 0 Å². The Kier molecular flexibility index (Phi) is 3.02. The van der Waals surface area contributed by atoms with Crippen molar-refractivity contribution < 1.29 is 18.7 Å². The summed E-state index contributed by atoms with van der Waals surface area (Å²) in [6.45, 7) is 0. The molecule has 0 radical (unpaired) electrons. The van der Waals surface area contributed by atoms with Crippen molar-refractivity contribution in [3.63, 3.8) is 0 Å². The summed E-state index contributed by atoms with van der Waals surface area (Å²) in [4.78, 5) is 15.1. The number of carboxylic acids is 1. The molecule has 6 heteroatoms. The van der Waals surface area contributed by atoms with Crippen molar-refractivity contribution in [2.45, 2.75) is 0 Å². The maximum absolute atomic E-state index is 13.5. The Labute approximate surface area is 121 Å². The Hall–Kier alpha value is -2.21. The lowest BCUT2D eigenvalue weighted by atomic mass is 10.2. The zero-order valence-corrected chi connectivity index (χ0v) is 11.5. The van der Waals surface area contributed by atoms with Gasteiger partial charge in [-0.1, -0.05) is 0 Å². The van der Waals surface area contributed by atoms with Crippen LogP contribution in [0.2, 0.25) is 0 Å². The minimum Gasteiger partial charge on any atom is -0.478 e. The third-order valence-corrected chi connectivity index (χ3v) is 3.44. The first kappa shape index (κ1) is 12.8. The molecule has 3 aromatic rings. The van der Waals surface area contributed by atoms with E-state index in [0.717, 1.165) is 0 Å². The zero-order chi connectivity index (χ0) is 14.3. The van der Waals surface area contributed by atoms with E-state index in [0.29, 0.717) is 21.1 Å². The van der Waals surface area contributed by atoms with Gasteiger partial charge in [-0.15, -0.1) is 0 Å². The molecule has 0 aliphatic heterocycles. The number of aromatic carboxylic acids is 1. The molecule has 1 N–H and O–H groups in total. The van der Waals surface area contributed by atoms with E-state index in [-0.39, 0.29) is 11.5 Å². The molecular formula is C14H7BrFNO3. The average molecular weight is 336 g/mol. The van der Waals surface area contributed by atoms with Gasteiger partial charge in [0.15, 0.2) is 5.58 Å². The first-order valence-electron chi connectivity index (χ1n) is 5.64. The standard InChI is InChI=1S/C14H7BrFNO3/c15-9-3-1-7(5-10(9)16)13-17-11-6-8(14(18)19)2-4-12(11)20-13/h1-6H,(H,18,19). The van der Waals surface area contributed by atoms with Crippen molar-refractivity contribution in [1.29, 1.82) is 0 Å². The van der Waals surface area contributed by atoms with Crippen molar-refractivity contribution in [2.75, 3.05) is 0 Å². The number of fused-ring (bicyclic) bond motifs is 1. The Bertz CT molecular complexity index is 828. The molecule has 0 unspecified atom stereocenters. The molecule has 0 fully saturated rings. The number of benzene rings is 2. The lowest BCUT2D eigenvalue weighted by Gasteiger charge is -1.97. The summed E-state index contributed by atoms with van der Waals surface area (Å²) in [6, 6.07) is 8.90. The molecule has 0 amide bonds. The van der Waals surface area contributed by atoms with Crippen LogP contribution in [0.15, 0.2) is 45.3 Å². The summed E-state index contributed by atoms with van der Waals surface area (Å²) in [5, 5.41) is 8.92. The van der Waals surface area contributed by atoms with Crippen molar-refractivity contribution in [2.24, 2.45) is 0 Å². The van der Waals surface area contributed by atoms with E-state index in [1.807, 2.05) is 0 Å². The van der Waals surface area contributed by atoms with E-state index in [4.69, 9.17) is 9.52 Å². The third kappa shape index (κ3) is 2.18. The monoisotopic (exact) mass is 335 g/mol. The Morgan fingerprint density at radius 2 is 2.05 bits per heavy atom. The van der Waals surface area contributed by atoms with Crippen LogP contribution in [0.1, 0.15) is 10.4 Å². The quantitative estimate of drug-likeness (QED) is 0.765. The van der Waals surface area contributed by atoms with Crippen LogP contribution in [-0.2, 0) is 0 Å². The number of carbonyl (C=O) groups is 1. The van der Waals surface area contributed by atoms with E-state index in [2.05, 4.69) is 20.9 Å². The van der Waals surface area contributed by atoms with Gasteiger partial charge in [-0.25, -0.2) is 14.2 Å². The smallest absolute Gasteiger partial charge is 0.335 e. The van der Waals surface area contributed by atoms with Crippen LogP contribution >= 0.6 is 15.9 Å². The fourth-order valence-corrected chi connectivity index (χ4v) is 2.06. The van der Waals surface area contributed by atoms with Gasteiger partial charge in [0.25, 0.3) is 0 Å². The molecule has 0 spiro atoms. The SMILES string of the molecule is O=C(O)c1ccc2oc(-c3ccc(Br)c(F)c3)nc2c1. The summed E-state index contributed by atoms with van der Waals surface area (Å²) >= 11 is 3.07. The number of hydrogen-bond donors (Lipinski definition) is 1. The van der Waals surface area contributed by atoms with Crippen LogP contribution in [0.25, 0.3) is 22.6 Å². The largest absolute Gasteiger partial charge is 0.478 e. The van der Waals surface area contributed by atoms with Gasteiger partial charge in [-0.05, 0) is 52.3 Å². The molecular weight excluding hydrogens is 329 g/mol. The van der Waals surface area contributed by atoms with Gasteiger partial charge >= 0.3 is 5.97 Å². The van der Waals surface area contributed by atoms with Crippen LogP contribution in [0.4, 0.5) is 4.39 Å². The average Bonchev–Trinajstić information content (AvgIpc) is 2.84. The number of oxazole rings is 1. The molecule has 20 heavy (non-hydrogen) atoms. The molecule has 0 aliphatic rings. The van der Waals surface area contributed by atoms with E-state index in [1.165, 1.54) is 24.3 Å². The Balaban J connectivity index is 2.12. The molecule has 0 aliphatic carbocycles. The highest BCUT2D eigenvalue weighted by atomic mass is 79.9. The zero-order valence-electron chi connectivity index (χ0n) is 9.93. The molecule has 3 rings (SSSR count). The van der Waals surface area contributed by atoms with Crippen molar-refractivity contribution in [3.8, 4) is 11.5 Å². The minimum atomic E-state index is -1.04. The molecule has 0 saturated carbocycles. The van der Waals surface area contributed by atoms with Gasteiger partial charge < -0.3 is 9.52 Å². The third-order valence-electron chi connectivity index (χ3n) is 2.80. The number of aromatic nitrogens is 1. The Morgan fingerprint density at radius 3 is 2.75 bits per heavy atom. The molecule has 2 aromatic carbocycles. The van der Waals surface area contributed by atoms with Crippen molar-refractivity contribution in [1.82, 2.24) is 4.98 Å². The van der Waals surface area contributed by atoms with Gasteiger partial charge in [0.2, 0.25) is 5.89 Å². The fraction of sp³-hybridized carbons (Fsp3) is 0. The molecule has 1 heterocycles. The summed E-state index contributed by atoms with van der Waals surface area (Å²) in [5.74, 6) is -1.21. The van der Waals surface area contributed by atoms with Crippen LogP contribution in [0, 0.1) is 5.82 Å². The van der Waals surface area contributed by atoms with Gasteiger partial charge in [0, 0.05) is 5.56 Å². The summed E-state index contributed by atoms with van der Waals surface area (Å²) < 4.78 is 19.3. The van der Waals surface area contributed by atoms with Crippen molar-refractivity contribution in [3.05, 3.63) is 52.3 Å². The topological polar surface area (TPSA) is 63.3 Å². The predicted molar refractivity (Wildman–Crippen MR) is 74.1 cm³/mol. The van der Waals surface area contributed by atoms with E-state index >= 15 is 0 Å². The second-order valence-corrected chi connectivity index (χ2v) is 4.99. The molecule has 0 atom stereocenters. The maximum Gasteiger partial charge on any atom is 0.335 e. The normalized spacial score (nSPS) is 10.9. The highest BCUT2D eigenvalue weighted by Gasteiger charge is 2.12. The van der Waals surface area contributed by atoms with E-state index in [1.54, 1.807) is 12.1 Å². The highest BCUT2D eigenvalue weighted by molar-refractivity contribution is 9.10. The molecule has 0 bridgehead atoms. The van der Waals surface area contributed by atoms with E-state index in [9.17, 15) is 9.18 Å². The molecule has 100 valence electrons. The Morgan fingerprint density at radius 1 is 1.25 bits per heavy atom. The van der Waals surface area contributed by atoms with Crippen LogP contribution < -0.4 is 0 Å².